The normalized spacial score (nSPS) is 14.2. The Morgan fingerprint density at radius 2 is 2.00 bits per heavy atom. The summed E-state index contributed by atoms with van der Waals surface area (Å²) in [6.45, 7) is 7.04. The van der Waals surface area contributed by atoms with Crippen LogP contribution in [0.25, 0.3) is 15.9 Å². The number of carbonyl (C=O) groups is 1. The molecule has 0 aliphatic heterocycles. The van der Waals surface area contributed by atoms with Crippen molar-refractivity contribution < 1.29 is 9.53 Å². The van der Waals surface area contributed by atoms with E-state index in [0.29, 0.717) is 18.3 Å². The van der Waals surface area contributed by atoms with Crippen molar-refractivity contribution in [1.29, 1.82) is 0 Å². The van der Waals surface area contributed by atoms with E-state index in [1.807, 2.05) is 45.0 Å². The van der Waals surface area contributed by atoms with Gasteiger partial charge < -0.3 is 10.1 Å². The number of aryl methyl sites for hydroxylation is 2. The van der Waals surface area contributed by atoms with Crippen LogP contribution in [-0.4, -0.2) is 33.9 Å². The molecule has 2 heterocycles. The number of rotatable bonds is 8. The van der Waals surface area contributed by atoms with Crippen molar-refractivity contribution in [2.24, 2.45) is 0 Å². The number of fused-ring (bicyclic) bond motifs is 3. The van der Waals surface area contributed by atoms with Crippen LogP contribution in [0.4, 0.5) is 0 Å². The fraction of sp³-hybridized carbons (Fsp3) is 0.458. The van der Waals surface area contributed by atoms with Gasteiger partial charge in [-0.3, -0.25) is 14.2 Å². The first kappa shape index (κ1) is 22.9. The molecule has 0 saturated heterocycles. The van der Waals surface area contributed by atoms with Crippen LogP contribution in [-0.2, 0) is 17.6 Å². The van der Waals surface area contributed by atoms with Crippen molar-refractivity contribution in [3.8, 4) is 11.4 Å². The first-order valence-corrected chi connectivity index (χ1v) is 13.0. The SMILES string of the molecule is CCCNC(=O)C(C)Sc1nc2sc3c(c2c(=O)n1-c1ccc(OCC)cc1)CCCC3. The highest BCUT2D eigenvalue weighted by Crippen LogP contribution is 2.36. The number of hydrogen-bond donors (Lipinski definition) is 1. The molecule has 1 aromatic carbocycles. The molecule has 170 valence electrons. The average Bonchev–Trinajstić information content (AvgIpc) is 3.17. The summed E-state index contributed by atoms with van der Waals surface area (Å²) in [6, 6.07) is 7.49. The van der Waals surface area contributed by atoms with Gasteiger partial charge in [0.25, 0.3) is 5.56 Å². The Balaban J connectivity index is 1.82. The lowest BCUT2D eigenvalue weighted by atomic mass is 9.97. The van der Waals surface area contributed by atoms with E-state index in [0.717, 1.165) is 53.8 Å². The molecule has 0 radical (unpaired) electrons. The minimum Gasteiger partial charge on any atom is -0.494 e. The molecule has 1 atom stereocenters. The van der Waals surface area contributed by atoms with Crippen LogP contribution in [0, 0.1) is 0 Å². The fourth-order valence-corrected chi connectivity index (χ4v) is 6.21. The predicted octanol–water partition coefficient (Wildman–Crippen LogP) is 4.73. The van der Waals surface area contributed by atoms with Crippen molar-refractivity contribution in [3.63, 3.8) is 0 Å². The third kappa shape index (κ3) is 4.57. The summed E-state index contributed by atoms with van der Waals surface area (Å²) < 4.78 is 7.22. The molecular weight excluding hydrogens is 442 g/mol. The van der Waals surface area contributed by atoms with Gasteiger partial charge in [0.1, 0.15) is 10.6 Å². The van der Waals surface area contributed by atoms with Crippen LogP contribution in [0.3, 0.4) is 0 Å². The van der Waals surface area contributed by atoms with E-state index in [1.165, 1.54) is 22.2 Å². The molecule has 3 aromatic rings. The first-order valence-electron chi connectivity index (χ1n) is 11.3. The molecule has 8 heteroatoms. The molecule has 32 heavy (non-hydrogen) atoms. The summed E-state index contributed by atoms with van der Waals surface area (Å²) in [5.74, 6) is 0.711. The van der Waals surface area contributed by atoms with Gasteiger partial charge in [-0.25, -0.2) is 4.98 Å². The highest BCUT2D eigenvalue weighted by atomic mass is 32.2. The van der Waals surface area contributed by atoms with Crippen LogP contribution in [0.15, 0.2) is 34.2 Å². The lowest BCUT2D eigenvalue weighted by Crippen LogP contribution is -2.32. The van der Waals surface area contributed by atoms with Gasteiger partial charge in [0.2, 0.25) is 5.91 Å². The molecule has 2 aromatic heterocycles. The number of nitrogens with zero attached hydrogens (tertiary/aromatic N) is 2. The molecule has 1 amide bonds. The molecule has 4 rings (SSSR count). The third-order valence-electron chi connectivity index (χ3n) is 5.56. The molecule has 0 spiro atoms. The van der Waals surface area contributed by atoms with Gasteiger partial charge in [0.05, 0.1) is 22.9 Å². The standard InChI is InChI=1S/C24H29N3O3S2/c1-4-14-25-21(28)15(3)31-24-26-22-20(18-8-6-7-9-19(18)32-22)23(29)27(24)16-10-12-17(13-11-16)30-5-2/h10-13,15H,4-9,14H2,1-3H3,(H,25,28). The van der Waals surface area contributed by atoms with Crippen molar-refractivity contribution in [1.82, 2.24) is 14.9 Å². The number of ether oxygens (including phenoxy) is 1. The topological polar surface area (TPSA) is 73.2 Å². The Hall–Kier alpha value is -2.32. The first-order chi connectivity index (χ1) is 15.5. The van der Waals surface area contributed by atoms with E-state index in [4.69, 9.17) is 9.72 Å². The highest BCUT2D eigenvalue weighted by Gasteiger charge is 2.25. The molecule has 0 saturated carbocycles. The van der Waals surface area contributed by atoms with Crippen LogP contribution < -0.4 is 15.6 Å². The summed E-state index contributed by atoms with van der Waals surface area (Å²) >= 11 is 2.96. The van der Waals surface area contributed by atoms with E-state index in [1.54, 1.807) is 15.9 Å². The molecule has 1 aliphatic rings. The lowest BCUT2D eigenvalue weighted by molar-refractivity contribution is -0.120. The molecule has 0 fully saturated rings. The summed E-state index contributed by atoms with van der Waals surface area (Å²) in [5.41, 5.74) is 1.84. The van der Waals surface area contributed by atoms with Crippen LogP contribution in [0.1, 0.15) is 50.5 Å². The maximum Gasteiger partial charge on any atom is 0.267 e. The number of thioether (sulfide) groups is 1. The molecule has 0 bridgehead atoms. The van der Waals surface area contributed by atoms with Gasteiger partial charge in [-0.2, -0.15) is 0 Å². The summed E-state index contributed by atoms with van der Waals surface area (Å²) in [6.07, 6.45) is 5.08. The monoisotopic (exact) mass is 471 g/mol. The van der Waals surface area contributed by atoms with Crippen LogP contribution >= 0.6 is 23.1 Å². The number of aromatic nitrogens is 2. The second kappa shape index (κ2) is 10.1. The molecule has 1 aliphatic carbocycles. The quantitative estimate of drug-likeness (QED) is 0.380. The highest BCUT2D eigenvalue weighted by molar-refractivity contribution is 8.00. The molecule has 6 nitrogen and oxygen atoms in total. The minimum absolute atomic E-state index is 0.0464. The van der Waals surface area contributed by atoms with Gasteiger partial charge in [0.15, 0.2) is 5.16 Å². The van der Waals surface area contributed by atoms with Crippen LogP contribution in [0.5, 0.6) is 5.75 Å². The predicted molar refractivity (Wildman–Crippen MR) is 132 cm³/mol. The summed E-state index contributed by atoms with van der Waals surface area (Å²) in [4.78, 5) is 33.3. The Morgan fingerprint density at radius 3 is 2.72 bits per heavy atom. The fourth-order valence-electron chi connectivity index (χ4n) is 3.95. The van der Waals surface area contributed by atoms with Crippen molar-refractivity contribution in [2.45, 2.75) is 63.3 Å². The van der Waals surface area contributed by atoms with Gasteiger partial charge in [-0.05, 0) is 75.8 Å². The zero-order valence-electron chi connectivity index (χ0n) is 18.8. The van der Waals surface area contributed by atoms with E-state index in [9.17, 15) is 9.59 Å². The van der Waals surface area contributed by atoms with Crippen LogP contribution in [0.2, 0.25) is 0 Å². The summed E-state index contributed by atoms with van der Waals surface area (Å²) in [5, 5.41) is 3.86. The minimum atomic E-state index is -0.366. The smallest absolute Gasteiger partial charge is 0.267 e. The molecule has 1 unspecified atom stereocenters. The Bertz CT molecular complexity index is 1170. The second-order valence-electron chi connectivity index (χ2n) is 7.90. The largest absolute Gasteiger partial charge is 0.494 e. The maximum absolute atomic E-state index is 13.8. The second-order valence-corrected chi connectivity index (χ2v) is 10.3. The molecular formula is C24H29N3O3S2. The van der Waals surface area contributed by atoms with E-state index in [2.05, 4.69) is 5.32 Å². The Kier molecular flexibility index (Phi) is 7.20. The average molecular weight is 472 g/mol. The Labute approximate surface area is 196 Å². The Morgan fingerprint density at radius 1 is 1.25 bits per heavy atom. The van der Waals surface area contributed by atoms with Crippen molar-refractivity contribution in [3.05, 3.63) is 45.1 Å². The maximum atomic E-state index is 13.8. The number of benzene rings is 1. The zero-order chi connectivity index (χ0) is 22.7. The molecule has 1 N–H and O–H groups in total. The van der Waals surface area contributed by atoms with E-state index >= 15 is 0 Å². The van der Waals surface area contributed by atoms with Gasteiger partial charge >= 0.3 is 0 Å². The zero-order valence-corrected chi connectivity index (χ0v) is 20.4. The van der Waals surface area contributed by atoms with Gasteiger partial charge in [-0.15, -0.1) is 11.3 Å². The van der Waals surface area contributed by atoms with Crippen molar-refractivity contribution >= 4 is 39.2 Å². The van der Waals surface area contributed by atoms with Gasteiger partial charge in [0, 0.05) is 11.4 Å². The van der Waals surface area contributed by atoms with Gasteiger partial charge in [-0.1, -0.05) is 18.7 Å². The number of carbonyl (C=O) groups excluding carboxylic acids is 1. The van der Waals surface area contributed by atoms with E-state index in [-0.39, 0.29) is 16.7 Å². The lowest BCUT2D eigenvalue weighted by Gasteiger charge is -2.16. The summed E-state index contributed by atoms with van der Waals surface area (Å²) in [7, 11) is 0. The number of nitrogens with one attached hydrogen (secondary N) is 1. The van der Waals surface area contributed by atoms with E-state index < -0.39 is 0 Å². The number of hydrogen-bond acceptors (Lipinski definition) is 6. The number of thiophene rings is 1. The van der Waals surface area contributed by atoms with Crippen molar-refractivity contribution in [2.75, 3.05) is 13.2 Å². The third-order valence-corrected chi connectivity index (χ3v) is 7.80. The number of amides is 1.